The molecule has 0 radical (unpaired) electrons. The summed E-state index contributed by atoms with van der Waals surface area (Å²) in [6.07, 6.45) is 2.85. The smallest absolute Gasteiger partial charge is 0.185 e. The van der Waals surface area contributed by atoms with E-state index in [0.29, 0.717) is 10.2 Å². The standard InChI is InChI=1S/C18H14ClF2N3OS/c1-26-17-22-10-23-24(17)9-18(13-7-6-11(20)8-15(13)21)16(25-18)12-4-2-3-5-14(12)19/h2-8,10,16H,9H2,1H3/t16-,18-/m0/s1. The lowest BCUT2D eigenvalue weighted by molar-refractivity contribution is 0.250. The highest BCUT2D eigenvalue weighted by molar-refractivity contribution is 7.98. The van der Waals surface area contributed by atoms with Gasteiger partial charge in [-0.25, -0.2) is 18.4 Å². The normalized spacial score (nSPS) is 21.8. The minimum Gasteiger partial charge on any atom is -0.354 e. The van der Waals surface area contributed by atoms with Crippen molar-refractivity contribution in [2.75, 3.05) is 6.26 Å². The lowest BCUT2D eigenvalue weighted by atomic mass is 9.91. The average molecular weight is 394 g/mol. The van der Waals surface area contributed by atoms with E-state index >= 15 is 0 Å². The van der Waals surface area contributed by atoms with Crippen LogP contribution in [0.15, 0.2) is 53.9 Å². The molecule has 0 bridgehead atoms. The van der Waals surface area contributed by atoms with Crippen LogP contribution in [0.3, 0.4) is 0 Å². The Morgan fingerprint density at radius 3 is 2.81 bits per heavy atom. The number of aromatic nitrogens is 3. The van der Waals surface area contributed by atoms with Crippen LogP contribution in [0.4, 0.5) is 8.78 Å². The van der Waals surface area contributed by atoms with Crippen LogP contribution in [-0.2, 0) is 16.9 Å². The molecular formula is C18H14ClF2N3OS. The summed E-state index contributed by atoms with van der Waals surface area (Å²) in [7, 11) is 0. The Morgan fingerprint density at radius 2 is 2.08 bits per heavy atom. The van der Waals surface area contributed by atoms with E-state index in [4.69, 9.17) is 16.3 Å². The second-order valence-corrected chi connectivity index (χ2v) is 7.12. The van der Waals surface area contributed by atoms with Gasteiger partial charge in [-0.1, -0.05) is 47.6 Å². The zero-order valence-corrected chi connectivity index (χ0v) is 15.3. The number of ether oxygens (including phenoxy) is 1. The molecule has 0 spiro atoms. The summed E-state index contributed by atoms with van der Waals surface area (Å²) in [6.45, 7) is 0.238. The van der Waals surface area contributed by atoms with Gasteiger partial charge in [-0.3, -0.25) is 0 Å². The fraction of sp³-hybridized carbons (Fsp3) is 0.222. The Kier molecular flexibility index (Phi) is 4.46. The largest absolute Gasteiger partial charge is 0.354 e. The van der Waals surface area contributed by atoms with E-state index in [-0.39, 0.29) is 12.1 Å². The molecule has 2 atom stereocenters. The highest BCUT2D eigenvalue weighted by Crippen LogP contribution is 2.59. The summed E-state index contributed by atoms with van der Waals surface area (Å²) >= 11 is 7.73. The molecule has 1 fully saturated rings. The molecule has 4 rings (SSSR count). The molecule has 26 heavy (non-hydrogen) atoms. The maximum Gasteiger partial charge on any atom is 0.185 e. The van der Waals surface area contributed by atoms with E-state index in [1.54, 1.807) is 10.7 Å². The number of nitrogens with zero attached hydrogens (tertiary/aromatic N) is 3. The first-order valence-corrected chi connectivity index (χ1v) is 9.45. The Labute approximate surface area is 158 Å². The zero-order chi connectivity index (χ0) is 18.3. The first-order chi connectivity index (χ1) is 12.5. The van der Waals surface area contributed by atoms with E-state index < -0.39 is 23.3 Å². The van der Waals surface area contributed by atoms with Gasteiger partial charge in [0, 0.05) is 22.2 Å². The third-order valence-electron chi connectivity index (χ3n) is 4.42. The number of hydrogen-bond donors (Lipinski definition) is 0. The van der Waals surface area contributed by atoms with Crippen LogP contribution in [0.2, 0.25) is 5.02 Å². The Hall–Kier alpha value is -1.96. The molecule has 4 nitrogen and oxygen atoms in total. The lowest BCUT2D eigenvalue weighted by Crippen LogP contribution is -2.22. The van der Waals surface area contributed by atoms with Crippen LogP contribution in [0.5, 0.6) is 0 Å². The van der Waals surface area contributed by atoms with Crippen molar-refractivity contribution in [1.29, 1.82) is 0 Å². The van der Waals surface area contributed by atoms with Gasteiger partial charge in [0.2, 0.25) is 0 Å². The monoisotopic (exact) mass is 393 g/mol. The van der Waals surface area contributed by atoms with E-state index in [1.165, 1.54) is 30.2 Å². The molecule has 0 amide bonds. The van der Waals surface area contributed by atoms with Crippen LogP contribution in [0.25, 0.3) is 0 Å². The predicted octanol–water partition coefficient (Wildman–Crippen LogP) is 4.60. The van der Waals surface area contributed by atoms with Crippen molar-refractivity contribution in [3.8, 4) is 0 Å². The number of thioether (sulfide) groups is 1. The Balaban J connectivity index is 1.80. The molecule has 3 aromatic rings. The van der Waals surface area contributed by atoms with Gasteiger partial charge in [-0.2, -0.15) is 5.10 Å². The molecule has 1 aliphatic heterocycles. The summed E-state index contributed by atoms with van der Waals surface area (Å²) in [4.78, 5) is 4.17. The summed E-state index contributed by atoms with van der Waals surface area (Å²) in [5.74, 6) is -1.30. The molecule has 134 valence electrons. The summed E-state index contributed by atoms with van der Waals surface area (Å²) < 4.78 is 35.7. The van der Waals surface area contributed by atoms with Gasteiger partial charge in [0.1, 0.15) is 29.7 Å². The second-order valence-electron chi connectivity index (χ2n) is 5.94. The van der Waals surface area contributed by atoms with Crippen molar-refractivity contribution in [1.82, 2.24) is 14.8 Å². The highest BCUT2D eigenvalue weighted by Gasteiger charge is 2.61. The maximum absolute atomic E-state index is 14.6. The van der Waals surface area contributed by atoms with Gasteiger partial charge >= 0.3 is 0 Å². The van der Waals surface area contributed by atoms with Crippen molar-refractivity contribution in [3.05, 3.63) is 76.6 Å². The van der Waals surface area contributed by atoms with Crippen LogP contribution in [0.1, 0.15) is 17.2 Å². The third kappa shape index (κ3) is 2.90. The number of rotatable bonds is 5. The van der Waals surface area contributed by atoms with Crippen molar-refractivity contribution >= 4 is 23.4 Å². The number of halogens is 3. The predicted molar refractivity (Wildman–Crippen MR) is 95.1 cm³/mol. The van der Waals surface area contributed by atoms with Crippen molar-refractivity contribution in [2.45, 2.75) is 23.4 Å². The highest BCUT2D eigenvalue weighted by atomic mass is 35.5. The van der Waals surface area contributed by atoms with Crippen LogP contribution in [0, 0.1) is 11.6 Å². The number of hydrogen-bond acceptors (Lipinski definition) is 4. The molecule has 2 aromatic carbocycles. The molecular weight excluding hydrogens is 380 g/mol. The zero-order valence-electron chi connectivity index (χ0n) is 13.7. The quantitative estimate of drug-likeness (QED) is 0.469. The lowest BCUT2D eigenvalue weighted by Gasteiger charge is -2.16. The first-order valence-electron chi connectivity index (χ1n) is 7.85. The molecule has 1 aromatic heterocycles. The van der Waals surface area contributed by atoms with Gasteiger partial charge in [0.15, 0.2) is 5.16 Å². The SMILES string of the molecule is CSc1ncnn1C[C@@]1(c2ccc(F)cc2F)O[C@H]1c1ccccc1Cl. The molecule has 1 aliphatic rings. The fourth-order valence-corrected chi connectivity index (χ4v) is 3.87. The number of epoxide rings is 1. The van der Waals surface area contributed by atoms with E-state index in [1.807, 2.05) is 24.5 Å². The first kappa shape index (κ1) is 17.5. The van der Waals surface area contributed by atoms with E-state index in [9.17, 15) is 8.78 Å². The van der Waals surface area contributed by atoms with Crippen molar-refractivity contribution < 1.29 is 13.5 Å². The summed E-state index contributed by atoms with van der Waals surface area (Å²) in [5, 5.41) is 5.42. The molecule has 2 heterocycles. The van der Waals surface area contributed by atoms with Crippen LogP contribution < -0.4 is 0 Å². The van der Waals surface area contributed by atoms with Crippen LogP contribution in [-0.4, -0.2) is 21.0 Å². The Bertz CT molecular complexity index is 967. The molecule has 0 saturated carbocycles. The number of benzene rings is 2. The van der Waals surface area contributed by atoms with Crippen LogP contribution >= 0.6 is 23.4 Å². The molecule has 0 unspecified atom stereocenters. The summed E-state index contributed by atoms with van der Waals surface area (Å²) in [6, 6.07) is 10.8. The average Bonchev–Trinajstić information content (AvgIpc) is 3.14. The van der Waals surface area contributed by atoms with Gasteiger partial charge in [-0.15, -0.1) is 0 Å². The van der Waals surface area contributed by atoms with Gasteiger partial charge in [0.25, 0.3) is 0 Å². The Morgan fingerprint density at radius 1 is 1.27 bits per heavy atom. The third-order valence-corrected chi connectivity index (χ3v) is 5.44. The molecule has 0 aliphatic carbocycles. The van der Waals surface area contributed by atoms with E-state index in [2.05, 4.69) is 10.1 Å². The van der Waals surface area contributed by atoms with E-state index in [0.717, 1.165) is 11.6 Å². The fourth-order valence-electron chi connectivity index (χ4n) is 3.16. The molecule has 1 saturated heterocycles. The molecule has 0 N–H and O–H groups in total. The van der Waals surface area contributed by atoms with Crippen molar-refractivity contribution in [3.63, 3.8) is 0 Å². The molecule has 8 heteroatoms. The minimum absolute atomic E-state index is 0.238. The van der Waals surface area contributed by atoms with Gasteiger partial charge in [-0.05, 0) is 18.4 Å². The maximum atomic E-state index is 14.6. The van der Waals surface area contributed by atoms with Gasteiger partial charge < -0.3 is 4.74 Å². The summed E-state index contributed by atoms with van der Waals surface area (Å²) in [5.41, 5.74) is -0.00361. The topological polar surface area (TPSA) is 43.2 Å². The second kappa shape index (κ2) is 6.64. The van der Waals surface area contributed by atoms with Crippen molar-refractivity contribution in [2.24, 2.45) is 0 Å². The van der Waals surface area contributed by atoms with Gasteiger partial charge in [0.05, 0.1) is 6.54 Å². The minimum atomic E-state index is -1.03.